The minimum absolute atomic E-state index is 0.582. The molecule has 0 amide bonds. The van der Waals surface area contributed by atoms with Crippen LogP contribution < -0.4 is 0 Å². The third-order valence-electron chi connectivity index (χ3n) is 1.55. The summed E-state index contributed by atoms with van der Waals surface area (Å²) >= 11 is 0. The van der Waals surface area contributed by atoms with Gasteiger partial charge >= 0.3 is 0 Å². The van der Waals surface area contributed by atoms with Crippen molar-refractivity contribution in [1.82, 2.24) is 0 Å². The Kier molecular flexibility index (Phi) is 5.84. The molecule has 12 heavy (non-hydrogen) atoms. The highest BCUT2D eigenvalue weighted by atomic mass is 16.3. The molecule has 0 bridgehead atoms. The molecule has 0 aliphatic carbocycles. The third kappa shape index (κ3) is 9.52. The fourth-order valence-corrected chi connectivity index (χ4v) is 0.831. The normalized spacial score (nSPS) is 10.7. The molecule has 0 aromatic rings. The topological polar surface area (TPSA) is 20.2 Å². The second kappa shape index (κ2) is 6.08. The molecule has 0 saturated carbocycles. The molecule has 0 aromatic heterocycles. The van der Waals surface area contributed by atoms with Crippen molar-refractivity contribution in [3.8, 4) is 11.8 Å². The van der Waals surface area contributed by atoms with Crippen LogP contribution in [0.3, 0.4) is 0 Å². The van der Waals surface area contributed by atoms with Crippen LogP contribution in [0.5, 0.6) is 0 Å². The van der Waals surface area contributed by atoms with Crippen LogP contribution in [0.25, 0.3) is 0 Å². The van der Waals surface area contributed by atoms with Gasteiger partial charge in [-0.15, -0.1) is 11.8 Å². The van der Waals surface area contributed by atoms with Crippen molar-refractivity contribution in [2.45, 2.75) is 58.5 Å². The molecular formula is C11H20O. The van der Waals surface area contributed by atoms with Crippen molar-refractivity contribution in [2.75, 3.05) is 0 Å². The van der Waals surface area contributed by atoms with E-state index in [4.69, 9.17) is 0 Å². The molecule has 1 N–H and O–H groups in total. The van der Waals surface area contributed by atoms with Crippen LogP contribution in [-0.2, 0) is 0 Å². The molecule has 0 radical (unpaired) electrons. The van der Waals surface area contributed by atoms with E-state index in [1.807, 2.05) is 0 Å². The molecule has 0 fully saturated rings. The van der Waals surface area contributed by atoms with Gasteiger partial charge in [0.1, 0.15) is 0 Å². The molecule has 0 atom stereocenters. The summed E-state index contributed by atoms with van der Waals surface area (Å²) in [5.41, 5.74) is -0.627. The lowest BCUT2D eigenvalue weighted by atomic mass is 10.1. The van der Waals surface area contributed by atoms with Gasteiger partial charge in [-0.1, -0.05) is 19.8 Å². The first-order chi connectivity index (χ1) is 5.56. The molecular weight excluding hydrogens is 148 g/mol. The van der Waals surface area contributed by atoms with Gasteiger partial charge in [0.05, 0.1) is 5.60 Å². The van der Waals surface area contributed by atoms with Crippen LogP contribution in [0.1, 0.15) is 52.9 Å². The average molecular weight is 168 g/mol. The fourth-order valence-electron chi connectivity index (χ4n) is 0.831. The lowest BCUT2D eigenvalue weighted by Crippen LogP contribution is -2.16. The highest BCUT2D eigenvalue weighted by Crippen LogP contribution is 2.05. The van der Waals surface area contributed by atoms with E-state index in [9.17, 15) is 5.11 Å². The van der Waals surface area contributed by atoms with Crippen molar-refractivity contribution in [3.63, 3.8) is 0 Å². The molecule has 0 aliphatic rings. The molecule has 0 aromatic carbocycles. The van der Waals surface area contributed by atoms with E-state index in [0.29, 0.717) is 6.42 Å². The Morgan fingerprint density at radius 3 is 2.33 bits per heavy atom. The Morgan fingerprint density at radius 2 is 1.83 bits per heavy atom. The monoisotopic (exact) mass is 168 g/mol. The van der Waals surface area contributed by atoms with Gasteiger partial charge in [0, 0.05) is 12.8 Å². The zero-order chi connectivity index (χ0) is 9.45. The first kappa shape index (κ1) is 11.5. The predicted octanol–water partition coefficient (Wildman–Crippen LogP) is 2.73. The number of rotatable bonds is 4. The van der Waals surface area contributed by atoms with E-state index in [2.05, 4.69) is 18.8 Å². The van der Waals surface area contributed by atoms with Crippen molar-refractivity contribution in [2.24, 2.45) is 0 Å². The summed E-state index contributed by atoms with van der Waals surface area (Å²) in [6.45, 7) is 5.76. The minimum Gasteiger partial charge on any atom is -0.389 e. The largest absolute Gasteiger partial charge is 0.389 e. The van der Waals surface area contributed by atoms with E-state index in [1.54, 1.807) is 13.8 Å². The van der Waals surface area contributed by atoms with E-state index in [0.717, 1.165) is 6.42 Å². The Hall–Kier alpha value is -0.480. The quantitative estimate of drug-likeness (QED) is 0.505. The van der Waals surface area contributed by atoms with Gasteiger partial charge in [-0.05, 0) is 20.3 Å². The number of hydrogen-bond acceptors (Lipinski definition) is 1. The zero-order valence-electron chi connectivity index (χ0n) is 8.48. The maximum atomic E-state index is 9.32. The van der Waals surface area contributed by atoms with Crippen molar-refractivity contribution in [1.29, 1.82) is 0 Å². The van der Waals surface area contributed by atoms with E-state index < -0.39 is 5.60 Å². The van der Waals surface area contributed by atoms with Crippen LogP contribution in [-0.4, -0.2) is 10.7 Å². The smallest absolute Gasteiger partial charge is 0.0700 e. The molecule has 0 heterocycles. The number of hydrogen-bond donors (Lipinski definition) is 1. The van der Waals surface area contributed by atoms with E-state index >= 15 is 0 Å². The summed E-state index contributed by atoms with van der Waals surface area (Å²) in [5, 5.41) is 9.32. The van der Waals surface area contributed by atoms with Crippen molar-refractivity contribution >= 4 is 0 Å². The summed E-state index contributed by atoms with van der Waals surface area (Å²) in [4.78, 5) is 0. The van der Waals surface area contributed by atoms with Crippen LogP contribution in [0.2, 0.25) is 0 Å². The van der Waals surface area contributed by atoms with Crippen LogP contribution in [0.15, 0.2) is 0 Å². The predicted molar refractivity (Wildman–Crippen MR) is 52.8 cm³/mol. The molecule has 0 spiro atoms. The Bertz CT molecular complexity index is 154. The number of aliphatic hydroxyl groups is 1. The Labute approximate surface area is 76.2 Å². The van der Waals surface area contributed by atoms with Crippen LogP contribution in [0.4, 0.5) is 0 Å². The lowest BCUT2D eigenvalue weighted by molar-refractivity contribution is 0.0862. The molecule has 0 rings (SSSR count). The standard InChI is InChI=1S/C11H20O/c1-4-5-6-7-8-9-10-11(2,3)12/h12H,4-7,10H2,1-3H3. The van der Waals surface area contributed by atoms with Gasteiger partial charge in [-0.3, -0.25) is 0 Å². The molecule has 1 heteroatoms. The summed E-state index contributed by atoms with van der Waals surface area (Å²) in [6, 6.07) is 0. The zero-order valence-corrected chi connectivity index (χ0v) is 8.48. The summed E-state index contributed by atoms with van der Waals surface area (Å²) in [6.07, 6.45) is 5.25. The van der Waals surface area contributed by atoms with E-state index in [-0.39, 0.29) is 0 Å². The summed E-state index contributed by atoms with van der Waals surface area (Å²) in [7, 11) is 0. The Morgan fingerprint density at radius 1 is 1.17 bits per heavy atom. The van der Waals surface area contributed by atoms with Gasteiger partial charge in [0.15, 0.2) is 0 Å². The average Bonchev–Trinajstić information content (AvgIpc) is 1.94. The summed E-state index contributed by atoms with van der Waals surface area (Å²) in [5.74, 6) is 6.05. The first-order valence-corrected chi connectivity index (χ1v) is 4.74. The minimum atomic E-state index is -0.627. The molecule has 0 unspecified atom stereocenters. The van der Waals surface area contributed by atoms with Crippen molar-refractivity contribution in [3.05, 3.63) is 0 Å². The SMILES string of the molecule is CCCCCC#CCC(C)(C)O. The first-order valence-electron chi connectivity index (χ1n) is 4.74. The Balaban J connectivity index is 3.35. The van der Waals surface area contributed by atoms with Gasteiger partial charge < -0.3 is 5.11 Å². The second-order valence-electron chi connectivity index (χ2n) is 3.80. The third-order valence-corrected chi connectivity index (χ3v) is 1.55. The van der Waals surface area contributed by atoms with Gasteiger partial charge in [0.2, 0.25) is 0 Å². The van der Waals surface area contributed by atoms with Crippen molar-refractivity contribution < 1.29 is 5.11 Å². The summed E-state index contributed by atoms with van der Waals surface area (Å²) < 4.78 is 0. The van der Waals surface area contributed by atoms with Gasteiger partial charge in [0.25, 0.3) is 0 Å². The van der Waals surface area contributed by atoms with Crippen LogP contribution >= 0.6 is 0 Å². The lowest BCUT2D eigenvalue weighted by Gasteiger charge is -2.11. The fraction of sp³-hybridized carbons (Fsp3) is 0.818. The molecule has 1 nitrogen and oxygen atoms in total. The molecule has 0 aliphatic heterocycles. The second-order valence-corrected chi connectivity index (χ2v) is 3.80. The molecule has 0 saturated heterocycles. The van der Waals surface area contributed by atoms with Gasteiger partial charge in [-0.25, -0.2) is 0 Å². The maximum Gasteiger partial charge on any atom is 0.0700 e. The number of unbranched alkanes of at least 4 members (excludes halogenated alkanes) is 3. The molecule has 70 valence electrons. The van der Waals surface area contributed by atoms with E-state index in [1.165, 1.54) is 19.3 Å². The highest BCUT2D eigenvalue weighted by Gasteiger charge is 2.08. The highest BCUT2D eigenvalue weighted by molar-refractivity contribution is 5.01. The van der Waals surface area contributed by atoms with Crippen LogP contribution in [0, 0.1) is 11.8 Å². The van der Waals surface area contributed by atoms with Gasteiger partial charge in [-0.2, -0.15) is 0 Å². The maximum absolute atomic E-state index is 9.32.